The van der Waals surface area contributed by atoms with Crippen LogP contribution in [-0.4, -0.2) is 45.7 Å². The van der Waals surface area contributed by atoms with Crippen LogP contribution in [0.15, 0.2) is 120 Å². The lowest BCUT2D eigenvalue weighted by atomic mass is 9.71. The van der Waals surface area contributed by atoms with Gasteiger partial charge in [-0.1, -0.05) is 103 Å². The van der Waals surface area contributed by atoms with Crippen LogP contribution in [0.2, 0.25) is 0 Å². The Kier molecular flexibility index (Phi) is 9.19. The third kappa shape index (κ3) is 5.72. The second-order valence-electron chi connectivity index (χ2n) is 11.0. The molecule has 6 rings (SSSR count). The van der Waals surface area contributed by atoms with Crippen LogP contribution in [0.1, 0.15) is 36.0 Å². The second kappa shape index (κ2) is 13.2. The molecule has 4 aromatic carbocycles. The van der Waals surface area contributed by atoms with Gasteiger partial charge in [0.2, 0.25) is 0 Å². The summed E-state index contributed by atoms with van der Waals surface area (Å²) in [5, 5.41) is 18.8. The molecular weight excluding hydrogens is 574 g/mol. The molecule has 8 nitrogen and oxygen atoms in total. The van der Waals surface area contributed by atoms with Gasteiger partial charge in [-0.05, 0) is 71.2 Å². The van der Waals surface area contributed by atoms with Crippen molar-refractivity contribution < 1.29 is 9.63 Å². The Morgan fingerprint density at radius 2 is 1.39 bits per heavy atom. The van der Waals surface area contributed by atoms with Crippen LogP contribution in [0.25, 0.3) is 10.9 Å². The van der Waals surface area contributed by atoms with E-state index in [-0.39, 0.29) is 12.4 Å². The molecule has 9 heteroatoms. The van der Waals surface area contributed by atoms with Crippen LogP contribution in [0.5, 0.6) is 0 Å². The minimum atomic E-state index is -0.963. The number of nitrogens with zero attached hydrogens (tertiary/aromatic N) is 5. The predicted octanol–water partition coefficient (Wildman–Crippen LogP) is 5.10. The highest BCUT2D eigenvalue weighted by Crippen LogP contribution is 2.39. The van der Waals surface area contributed by atoms with E-state index in [1.165, 1.54) is 0 Å². The zero-order chi connectivity index (χ0) is 29.7. The zero-order valence-electron chi connectivity index (χ0n) is 24.1. The lowest BCUT2D eigenvalue weighted by Gasteiger charge is -2.41. The van der Waals surface area contributed by atoms with E-state index in [9.17, 15) is 14.9 Å². The van der Waals surface area contributed by atoms with Gasteiger partial charge in [-0.3, -0.25) is 4.79 Å². The van der Waals surface area contributed by atoms with Crippen LogP contribution < -0.4 is 10.4 Å². The first kappa shape index (κ1) is 30.6. The number of benzene rings is 4. The van der Waals surface area contributed by atoms with Crippen LogP contribution in [0.3, 0.4) is 0 Å². The molecule has 0 amide bonds. The predicted molar refractivity (Wildman–Crippen MR) is 170 cm³/mol. The highest BCUT2D eigenvalue weighted by atomic mass is 35.5. The van der Waals surface area contributed by atoms with Gasteiger partial charge in [-0.25, -0.2) is 4.79 Å². The molecule has 5 aromatic rings. The Bertz CT molecular complexity index is 1780. The van der Waals surface area contributed by atoms with E-state index in [2.05, 4.69) is 21.3 Å². The molecule has 1 aliphatic rings. The molecule has 0 radical (unpaired) electrons. The standard InChI is InChI=1S/C35H31N5O3.ClH/c36-26-35(28-14-6-2-7-15-28,29-16-8-3-9-17-29)22-25-39-23-20-34(21-24-39,27-12-4-1-5-13-27)33(42)43-40-32(41)30-18-10-11-19-31(30)37-38-40;/h1-19H,20-25H2;1H. The summed E-state index contributed by atoms with van der Waals surface area (Å²) in [5.41, 5.74) is 0.900. The zero-order valence-corrected chi connectivity index (χ0v) is 24.9. The molecule has 0 unspecified atom stereocenters. The molecule has 0 N–H and O–H groups in total. The summed E-state index contributed by atoms with van der Waals surface area (Å²) in [6.07, 6.45) is 1.58. The molecule has 0 saturated carbocycles. The molecule has 222 valence electrons. The molecule has 0 atom stereocenters. The van der Waals surface area contributed by atoms with Gasteiger partial charge < -0.3 is 9.74 Å². The van der Waals surface area contributed by atoms with E-state index in [0.717, 1.165) is 16.7 Å². The maximum atomic E-state index is 13.9. The lowest BCUT2D eigenvalue weighted by Crippen LogP contribution is -2.52. The Morgan fingerprint density at radius 3 is 1.98 bits per heavy atom. The first-order valence-corrected chi connectivity index (χ1v) is 14.4. The first-order valence-electron chi connectivity index (χ1n) is 14.4. The van der Waals surface area contributed by atoms with E-state index in [4.69, 9.17) is 4.84 Å². The highest BCUT2D eigenvalue weighted by molar-refractivity contribution is 5.85. The van der Waals surface area contributed by atoms with Crippen LogP contribution in [-0.2, 0) is 15.6 Å². The minimum absolute atomic E-state index is 0. The largest absolute Gasteiger partial charge is 0.345 e. The van der Waals surface area contributed by atoms with E-state index >= 15 is 0 Å². The number of carbonyl (C=O) groups is 1. The van der Waals surface area contributed by atoms with Gasteiger partial charge >= 0.3 is 11.5 Å². The molecule has 44 heavy (non-hydrogen) atoms. The fourth-order valence-electron chi connectivity index (χ4n) is 6.14. The van der Waals surface area contributed by atoms with Gasteiger partial charge in [0, 0.05) is 6.54 Å². The maximum absolute atomic E-state index is 13.9. The average Bonchev–Trinajstić information content (AvgIpc) is 3.08. The van der Waals surface area contributed by atoms with E-state index in [1.54, 1.807) is 24.3 Å². The average molecular weight is 606 g/mol. The van der Waals surface area contributed by atoms with Crippen LogP contribution >= 0.6 is 12.4 Å². The Hall–Kier alpha value is -4.84. The minimum Gasteiger partial charge on any atom is -0.313 e. The third-order valence-corrected chi connectivity index (χ3v) is 8.67. The summed E-state index contributed by atoms with van der Waals surface area (Å²) < 4.78 is 0. The number of aromatic nitrogens is 3. The van der Waals surface area contributed by atoms with Crippen molar-refractivity contribution >= 4 is 29.3 Å². The summed E-state index contributed by atoms with van der Waals surface area (Å²) in [6, 6.07) is 38.9. The number of piperidine rings is 1. The summed E-state index contributed by atoms with van der Waals surface area (Å²) in [4.78, 5) is 35.6. The van der Waals surface area contributed by atoms with Gasteiger partial charge in [0.1, 0.15) is 10.9 Å². The fraction of sp³-hybridized carbons (Fsp3) is 0.229. The maximum Gasteiger partial charge on any atom is 0.345 e. The van der Waals surface area contributed by atoms with Gasteiger partial charge in [0.25, 0.3) is 0 Å². The van der Waals surface area contributed by atoms with Gasteiger partial charge in [0.15, 0.2) is 0 Å². The monoisotopic (exact) mass is 605 g/mol. The topological polar surface area (TPSA) is 101 Å². The number of carbonyl (C=O) groups excluding carboxylic acids is 1. The summed E-state index contributed by atoms with van der Waals surface area (Å²) >= 11 is 0. The first-order chi connectivity index (χ1) is 21.1. The Balaban J connectivity index is 0.00000384. The van der Waals surface area contributed by atoms with Crippen LogP contribution in [0, 0.1) is 11.3 Å². The molecule has 1 aromatic heterocycles. The van der Waals surface area contributed by atoms with Gasteiger partial charge in [-0.15, -0.1) is 17.5 Å². The highest BCUT2D eigenvalue weighted by Gasteiger charge is 2.46. The van der Waals surface area contributed by atoms with E-state index in [1.807, 2.05) is 91.0 Å². The number of rotatable bonds is 8. The molecule has 2 heterocycles. The molecule has 1 fully saturated rings. The van der Waals surface area contributed by atoms with Crippen molar-refractivity contribution in [1.29, 1.82) is 5.26 Å². The molecule has 0 spiro atoms. The smallest absolute Gasteiger partial charge is 0.313 e. The van der Waals surface area contributed by atoms with Gasteiger partial charge in [-0.2, -0.15) is 5.26 Å². The molecule has 1 aliphatic heterocycles. The number of hydrogen-bond donors (Lipinski definition) is 0. The van der Waals surface area contributed by atoms with Crippen molar-refractivity contribution in [2.45, 2.75) is 30.1 Å². The molecule has 1 saturated heterocycles. The van der Waals surface area contributed by atoms with Crippen molar-refractivity contribution in [3.8, 4) is 6.07 Å². The second-order valence-corrected chi connectivity index (χ2v) is 11.0. The van der Waals surface area contributed by atoms with Crippen molar-refractivity contribution in [2.24, 2.45) is 0 Å². The van der Waals surface area contributed by atoms with Crippen LogP contribution in [0.4, 0.5) is 0 Å². The summed E-state index contributed by atoms with van der Waals surface area (Å²) in [6.45, 7) is 1.91. The van der Waals surface area contributed by atoms with Crippen molar-refractivity contribution in [3.05, 3.63) is 142 Å². The number of halogens is 1. The summed E-state index contributed by atoms with van der Waals surface area (Å²) in [7, 11) is 0. The summed E-state index contributed by atoms with van der Waals surface area (Å²) in [5.74, 6) is -0.537. The van der Waals surface area contributed by atoms with E-state index in [0.29, 0.717) is 54.6 Å². The quantitative estimate of drug-likeness (QED) is 0.227. The van der Waals surface area contributed by atoms with Gasteiger partial charge in [0.05, 0.1) is 16.9 Å². The number of nitriles is 1. The molecule has 0 bridgehead atoms. The van der Waals surface area contributed by atoms with Crippen molar-refractivity contribution in [3.63, 3.8) is 0 Å². The third-order valence-electron chi connectivity index (χ3n) is 8.67. The Labute approximate surface area is 261 Å². The van der Waals surface area contributed by atoms with E-state index < -0.39 is 22.4 Å². The molecular formula is C35H32ClN5O3. The lowest BCUT2D eigenvalue weighted by molar-refractivity contribution is -0.156. The number of likely N-dealkylation sites (tertiary alicyclic amines) is 1. The number of fused-ring (bicyclic) bond motifs is 1. The van der Waals surface area contributed by atoms with Crippen molar-refractivity contribution in [2.75, 3.05) is 19.6 Å². The Morgan fingerprint density at radius 1 is 0.841 bits per heavy atom. The fourth-order valence-corrected chi connectivity index (χ4v) is 6.14. The normalized spacial score (nSPS) is 14.7. The number of hydrogen-bond acceptors (Lipinski definition) is 7. The molecule has 0 aliphatic carbocycles. The van der Waals surface area contributed by atoms with Crippen molar-refractivity contribution in [1.82, 2.24) is 20.1 Å². The SMILES string of the molecule is Cl.N#CC(CCN1CCC(C(=O)On2nnc3ccccc3c2=O)(c2ccccc2)CC1)(c1ccccc1)c1ccccc1.